The molecule has 1 aliphatic rings. The molecule has 6 heteroatoms. The molecule has 0 radical (unpaired) electrons. The number of piperidine rings is 1. The highest BCUT2D eigenvalue weighted by molar-refractivity contribution is 6.30. The van der Waals surface area contributed by atoms with Crippen LogP contribution >= 0.6 is 11.6 Å². The van der Waals surface area contributed by atoms with Crippen molar-refractivity contribution in [3.05, 3.63) is 64.9 Å². The first-order valence-electron chi connectivity index (χ1n) is 12.8. The van der Waals surface area contributed by atoms with Crippen LogP contribution in [-0.2, 0) is 17.9 Å². The summed E-state index contributed by atoms with van der Waals surface area (Å²) in [7, 11) is 0. The highest BCUT2D eigenvalue weighted by Crippen LogP contribution is 2.24. The van der Waals surface area contributed by atoms with Crippen LogP contribution < -0.4 is 0 Å². The van der Waals surface area contributed by atoms with Gasteiger partial charge in [0.2, 0.25) is 5.91 Å². The van der Waals surface area contributed by atoms with Gasteiger partial charge in [-0.25, -0.2) is 4.98 Å². The maximum atomic E-state index is 13.1. The van der Waals surface area contributed by atoms with Gasteiger partial charge in [0.05, 0.1) is 17.6 Å². The van der Waals surface area contributed by atoms with E-state index in [0.717, 1.165) is 93.3 Å². The fraction of sp³-hybridized carbons (Fsp3) is 0.500. The third-order valence-electron chi connectivity index (χ3n) is 6.88. The number of amides is 1. The zero-order chi connectivity index (χ0) is 23.9. The van der Waals surface area contributed by atoms with E-state index >= 15 is 0 Å². The van der Waals surface area contributed by atoms with Crippen molar-refractivity contribution < 1.29 is 4.79 Å². The lowest BCUT2D eigenvalue weighted by atomic mass is 9.95. The van der Waals surface area contributed by atoms with Crippen molar-refractivity contribution in [1.29, 1.82) is 0 Å². The van der Waals surface area contributed by atoms with Gasteiger partial charge in [-0.3, -0.25) is 9.69 Å². The van der Waals surface area contributed by atoms with Crippen LogP contribution in [0, 0.1) is 5.92 Å². The predicted molar refractivity (Wildman–Crippen MR) is 140 cm³/mol. The number of aromatic nitrogens is 2. The van der Waals surface area contributed by atoms with Gasteiger partial charge >= 0.3 is 0 Å². The highest BCUT2D eigenvalue weighted by Gasteiger charge is 2.28. The van der Waals surface area contributed by atoms with Crippen molar-refractivity contribution >= 4 is 28.5 Å². The third-order valence-corrected chi connectivity index (χ3v) is 7.13. The topological polar surface area (TPSA) is 41.4 Å². The summed E-state index contributed by atoms with van der Waals surface area (Å²) in [6.45, 7) is 9.58. The molecule has 1 amide bonds. The molecule has 0 aliphatic carbocycles. The summed E-state index contributed by atoms with van der Waals surface area (Å²) in [4.78, 5) is 22.7. The van der Waals surface area contributed by atoms with E-state index in [4.69, 9.17) is 16.6 Å². The number of imidazole rings is 1. The number of benzene rings is 2. The Balaban J connectivity index is 1.43. The van der Waals surface area contributed by atoms with Crippen molar-refractivity contribution in [3.63, 3.8) is 0 Å². The smallest absolute Gasteiger partial charge is 0.225 e. The molecule has 0 unspecified atom stereocenters. The number of likely N-dealkylation sites (tertiary alicyclic amines) is 1. The maximum absolute atomic E-state index is 13.1. The van der Waals surface area contributed by atoms with Gasteiger partial charge in [-0.05, 0) is 68.6 Å². The first-order valence-corrected chi connectivity index (χ1v) is 13.2. The minimum absolute atomic E-state index is 0.160. The molecule has 1 saturated heterocycles. The minimum Gasteiger partial charge on any atom is -0.342 e. The van der Waals surface area contributed by atoms with Gasteiger partial charge in [0, 0.05) is 30.6 Å². The molecule has 5 nitrogen and oxygen atoms in total. The van der Waals surface area contributed by atoms with Crippen LogP contribution in [0.3, 0.4) is 0 Å². The molecule has 182 valence electrons. The Labute approximate surface area is 208 Å². The summed E-state index contributed by atoms with van der Waals surface area (Å²) >= 11 is 6.09. The quantitative estimate of drug-likeness (QED) is 0.358. The Morgan fingerprint density at radius 3 is 2.44 bits per heavy atom. The molecule has 0 saturated carbocycles. The standard InChI is InChI=1S/C28H37ClN4O/c1-3-5-17-32(16-4-2)28(34)23-14-18-31(19-15-23)21-27-30-25-8-6-7-9-26(25)33(27)20-22-10-12-24(29)13-11-22/h6-13,23H,3-5,14-21H2,1-2H3. The van der Waals surface area contributed by atoms with Gasteiger partial charge in [-0.1, -0.05) is 56.1 Å². The summed E-state index contributed by atoms with van der Waals surface area (Å²) in [5.41, 5.74) is 3.40. The van der Waals surface area contributed by atoms with Gasteiger partial charge in [-0.15, -0.1) is 0 Å². The fourth-order valence-electron chi connectivity index (χ4n) is 4.94. The second-order valence-corrected chi connectivity index (χ2v) is 9.90. The second kappa shape index (κ2) is 11.9. The van der Waals surface area contributed by atoms with Crippen LogP contribution in [0.4, 0.5) is 0 Å². The van der Waals surface area contributed by atoms with Crippen molar-refractivity contribution in [2.45, 2.75) is 59.0 Å². The molecule has 0 N–H and O–H groups in total. The van der Waals surface area contributed by atoms with Crippen molar-refractivity contribution in [2.75, 3.05) is 26.2 Å². The second-order valence-electron chi connectivity index (χ2n) is 9.46. The number of unbranched alkanes of at least 4 members (excludes halogenated alkanes) is 1. The zero-order valence-corrected chi connectivity index (χ0v) is 21.3. The molecule has 0 spiro atoms. The minimum atomic E-state index is 0.160. The SMILES string of the molecule is CCCCN(CCC)C(=O)C1CCN(Cc2nc3ccccc3n2Cc2ccc(Cl)cc2)CC1. The number of halogens is 1. The summed E-state index contributed by atoms with van der Waals surface area (Å²) < 4.78 is 2.32. The maximum Gasteiger partial charge on any atom is 0.225 e. The summed E-state index contributed by atoms with van der Waals surface area (Å²) in [5, 5.41) is 0.754. The number of hydrogen-bond acceptors (Lipinski definition) is 3. The lowest BCUT2D eigenvalue weighted by Gasteiger charge is -2.34. The van der Waals surface area contributed by atoms with Crippen molar-refractivity contribution in [1.82, 2.24) is 19.4 Å². The van der Waals surface area contributed by atoms with Crippen LogP contribution in [0.5, 0.6) is 0 Å². The molecule has 3 aromatic rings. The van der Waals surface area contributed by atoms with Crippen LogP contribution in [0.2, 0.25) is 5.02 Å². The van der Waals surface area contributed by atoms with Gasteiger partial charge < -0.3 is 9.47 Å². The normalized spacial score (nSPS) is 15.1. The lowest BCUT2D eigenvalue weighted by molar-refractivity contribution is -0.137. The Hall–Kier alpha value is -2.37. The summed E-state index contributed by atoms with van der Waals surface area (Å²) in [6, 6.07) is 16.4. The van der Waals surface area contributed by atoms with Gasteiger partial charge in [-0.2, -0.15) is 0 Å². The van der Waals surface area contributed by atoms with E-state index in [1.54, 1.807) is 0 Å². The highest BCUT2D eigenvalue weighted by atomic mass is 35.5. The van der Waals surface area contributed by atoms with E-state index in [9.17, 15) is 4.79 Å². The Kier molecular flexibility index (Phi) is 8.63. The number of rotatable bonds is 10. The third kappa shape index (κ3) is 6.00. The molecular weight excluding hydrogens is 444 g/mol. The number of nitrogens with zero attached hydrogens (tertiary/aromatic N) is 4. The van der Waals surface area contributed by atoms with E-state index in [1.807, 2.05) is 18.2 Å². The molecular formula is C28H37ClN4O. The van der Waals surface area contributed by atoms with Gasteiger partial charge in [0.25, 0.3) is 0 Å². The molecule has 2 aromatic carbocycles. The van der Waals surface area contributed by atoms with E-state index in [2.05, 4.69) is 58.5 Å². The Morgan fingerprint density at radius 2 is 1.74 bits per heavy atom. The number of fused-ring (bicyclic) bond motifs is 1. The zero-order valence-electron chi connectivity index (χ0n) is 20.5. The van der Waals surface area contributed by atoms with Crippen LogP contribution in [0.25, 0.3) is 11.0 Å². The van der Waals surface area contributed by atoms with E-state index in [0.29, 0.717) is 5.91 Å². The lowest BCUT2D eigenvalue weighted by Crippen LogP contribution is -2.43. The molecule has 34 heavy (non-hydrogen) atoms. The summed E-state index contributed by atoms with van der Waals surface area (Å²) in [6.07, 6.45) is 5.11. The number of carbonyl (C=O) groups excluding carboxylic acids is 1. The largest absolute Gasteiger partial charge is 0.342 e. The molecule has 1 aliphatic heterocycles. The number of hydrogen-bond donors (Lipinski definition) is 0. The average Bonchev–Trinajstić information content (AvgIpc) is 3.20. The Morgan fingerprint density at radius 1 is 1.00 bits per heavy atom. The first-order chi connectivity index (χ1) is 16.6. The van der Waals surface area contributed by atoms with Crippen molar-refractivity contribution in [2.24, 2.45) is 5.92 Å². The fourth-order valence-corrected chi connectivity index (χ4v) is 5.07. The van der Waals surface area contributed by atoms with E-state index < -0.39 is 0 Å². The molecule has 0 atom stereocenters. The predicted octanol–water partition coefficient (Wildman–Crippen LogP) is 5.99. The van der Waals surface area contributed by atoms with Gasteiger partial charge in [0.15, 0.2) is 0 Å². The van der Waals surface area contributed by atoms with Gasteiger partial charge in [0.1, 0.15) is 5.82 Å². The molecule has 1 aromatic heterocycles. The molecule has 2 heterocycles. The number of para-hydroxylation sites is 2. The van der Waals surface area contributed by atoms with Crippen LogP contribution in [0.1, 0.15) is 57.3 Å². The van der Waals surface area contributed by atoms with Crippen LogP contribution in [0.15, 0.2) is 48.5 Å². The van der Waals surface area contributed by atoms with Crippen molar-refractivity contribution in [3.8, 4) is 0 Å². The Bertz CT molecular complexity index is 1070. The molecule has 4 rings (SSSR count). The van der Waals surface area contributed by atoms with E-state index in [-0.39, 0.29) is 5.92 Å². The monoisotopic (exact) mass is 480 g/mol. The van der Waals surface area contributed by atoms with E-state index in [1.165, 1.54) is 5.56 Å². The molecule has 1 fully saturated rings. The summed E-state index contributed by atoms with van der Waals surface area (Å²) in [5.74, 6) is 1.61. The average molecular weight is 481 g/mol. The molecule has 0 bridgehead atoms. The first kappa shape index (κ1) is 24.7. The van der Waals surface area contributed by atoms with Crippen LogP contribution in [-0.4, -0.2) is 51.4 Å². The number of carbonyl (C=O) groups is 1.